The zero-order valence-corrected chi connectivity index (χ0v) is 16.4. The quantitative estimate of drug-likeness (QED) is 0.399. The van der Waals surface area contributed by atoms with Crippen molar-refractivity contribution in [3.63, 3.8) is 0 Å². The molecule has 0 spiro atoms. The van der Waals surface area contributed by atoms with Crippen molar-refractivity contribution in [1.82, 2.24) is 0 Å². The summed E-state index contributed by atoms with van der Waals surface area (Å²) in [6.45, 7) is 1.12. The molecule has 7 nitrogen and oxygen atoms in total. The molecule has 0 fully saturated rings. The van der Waals surface area contributed by atoms with Crippen molar-refractivity contribution in [2.75, 3.05) is 18.5 Å². The van der Waals surface area contributed by atoms with E-state index in [1.807, 2.05) is 18.2 Å². The number of aliphatic imine (C=N–C) groups is 1. The topological polar surface area (TPSA) is 93.8 Å². The second kappa shape index (κ2) is 8.93. The highest BCUT2D eigenvalue weighted by atomic mass is 16.6. The number of nitrogens with one attached hydrogen (secondary N) is 1. The van der Waals surface area contributed by atoms with Gasteiger partial charge in [-0.3, -0.25) is 14.9 Å². The van der Waals surface area contributed by atoms with Gasteiger partial charge in [-0.15, -0.1) is 0 Å². The Kier molecular flexibility index (Phi) is 5.72. The summed E-state index contributed by atoms with van der Waals surface area (Å²) in [7, 11) is 0. The van der Waals surface area contributed by atoms with Gasteiger partial charge in [-0.2, -0.15) is 0 Å². The predicted molar refractivity (Wildman–Crippen MR) is 117 cm³/mol. The molecule has 3 aromatic rings. The lowest BCUT2D eigenvalue weighted by Gasteiger charge is -2.11. The molecule has 3 aromatic carbocycles. The molecule has 1 heterocycles. The molecule has 0 saturated heterocycles. The fourth-order valence-electron chi connectivity index (χ4n) is 3.06. The number of rotatable bonds is 4. The Bertz CT molecular complexity index is 1240. The highest BCUT2D eigenvalue weighted by Crippen LogP contribution is 2.20. The van der Waals surface area contributed by atoms with Crippen LogP contribution < -0.4 is 5.32 Å². The number of benzene rings is 3. The van der Waals surface area contributed by atoms with Crippen molar-refractivity contribution in [3.05, 3.63) is 105 Å². The Hall–Kier alpha value is -4.44. The van der Waals surface area contributed by atoms with Crippen LogP contribution in [0.2, 0.25) is 0 Å². The Morgan fingerprint density at radius 1 is 1.00 bits per heavy atom. The average molecular weight is 411 g/mol. The molecule has 152 valence electrons. The minimum Gasteiger partial charge on any atom is -0.475 e. The first-order valence-electron chi connectivity index (χ1n) is 9.55. The summed E-state index contributed by atoms with van der Waals surface area (Å²) < 4.78 is 5.54. The third kappa shape index (κ3) is 4.60. The van der Waals surface area contributed by atoms with Crippen LogP contribution in [0.5, 0.6) is 0 Å². The molecule has 7 heteroatoms. The van der Waals surface area contributed by atoms with Crippen LogP contribution in [0, 0.1) is 22.0 Å². The summed E-state index contributed by atoms with van der Waals surface area (Å²) in [6.07, 6.45) is 0. The number of para-hydroxylation sites is 1. The second-order valence-corrected chi connectivity index (χ2v) is 6.63. The van der Waals surface area contributed by atoms with E-state index in [0.29, 0.717) is 41.4 Å². The van der Waals surface area contributed by atoms with E-state index < -0.39 is 4.92 Å². The van der Waals surface area contributed by atoms with Crippen LogP contribution in [0.15, 0.2) is 77.8 Å². The van der Waals surface area contributed by atoms with E-state index in [1.165, 1.54) is 12.1 Å². The number of carbonyl (C=O) groups excluding carboxylic acids is 1. The average Bonchev–Trinajstić information content (AvgIpc) is 3.33. The minimum atomic E-state index is -0.461. The highest BCUT2D eigenvalue weighted by molar-refractivity contribution is 6.10. The molecule has 0 aliphatic carbocycles. The molecule has 0 radical (unpaired) electrons. The molecular weight excluding hydrogens is 394 g/mol. The van der Waals surface area contributed by atoms with Gasteiger partial charge in [-0.05, 0) is 36.4 Å². The zero-order chi connectivity index (χ0) is 21.6. The van der Waals surface area contributed by atoms with E-state index in [9.17, 15) is 14.9 Å². The minimum absolute atomic E-state index is 0.000148. The van der Waals surface area contributed by atoms with Crippen LogP contribution in [0.3, 0.4) is 0 Å². The van der Waals surface area contributed by atoms with Crippen LogP contribution in [-0.2, 0) is 4.74 Å². The van der Waals surface area contributed by atoms with Gasteiger partial charge in [0.05, 0.1) is 28.3 Å². The van der Waals surface area contributed by atoms with Crippen LogP contribution >= 0.6 is 0 Å². The molecule has 1 amide bonds. The predicted octanol–water partition coefficient (Wildman–Crippen LogP) is 4.02. The first-order chi connectivity index (χ1) is 15.1. The third-order valence-electron chi connectivity index (χ3n) is 4.58. The summed E-state index contributed by atoms with van der Waals surface area (Å²) >= 11 is 0. The first-order valence-corrected chi connectivity index (χ1v) is 9.55. The van der Waals surface area contributed by atoms with Gasteiger partial charge in [0, 0.05) is 23.3 Å². The highest BCUT2D eigenvalue weighted by Gasteiger charge is 2.17. The second-order valence-electron chi connectivity index (χ2n) is 6.63. The fourth-order valence-corrected chi connectivity index (χ4v) is 3.06. The smallest absolute Gasteiger partial charge is 0.269 e. The SMILES string of the molecule is O=C(Nc1ccccc1C1=NCCO1)c1ccccc1C#Cc1ccc([N+](=O)[O-])cc1. The zero-order valence-electron chi connectivity index (χ0n) is 16.4. The molecule has 1 aliphatic heterocycles. The number of non-ortho nitro benzene ring substituents is 1. The standard InChI is InChI=1S/C24H17N3O4/c28-23(26-22-8-4-3-7-21(22)24-25-15-16-31-24)20-6-2-1-5-18(20)12-9-17-10-13-19(14-11-17)27(29)30/h1-8,10-11,13-14H,15-16H2,(H,26,28). The summed E-state index contributed by atoms with van der Waals surface area (Å²) in [6, 6.07) is 20.3. The molecule has 31 heavy (non-hydrogen) atoms. The first kappa shape index (κ1) is 19.9. The lowest BCUT2D eigenvalue weighted by Crippen LogP contribution is -2.16. The number of nitro benzene ring substituents is 1. The van der Waals surface area contributed by atoms with E-state index in [1.54, 1.807) is 42.5 Å². The normalized spacial score (nSPS) is 12.2. The summed E-state index contributed by atoms with van der Waals surface area (Å²) in [5.74, 6) is 6.15. The molecule has 0 atom stereocenters. The lowest BCUT2D eigenvalue weighted by atomic mass is 10.1. The molecule has 4 rings (SSSR count). The summed E-state index contributed by atoms with van der Waals surface area (Å²) in [5.41, 5.74) is 2.91. The molecular formula is C24H17N3O4. The van der Waals surface area contributed by atoms with Crippen molar-refractivity contribution in [1.29, 1.82) is 0 Å². The van der Waals surface area contributed by atoms with Gasteiger partial charge in [0.25, 0.3) is 11.6 Å². The van der Waals surface area contributed by atoms with Crippen molar-refractivity contribution in [3.8, 4) is 11.8 Å². The Labute approximate surface area is 178 Å². The number of ether oxygens (including phenoxy) is 1. The number of carbonyl (C=O) groups is 1. The summed E-state index contributed by atoms with van der Waals surface area (Å²) in [4.78, 5) is 27.6. The van der Waals surface area contributed by atoms with Gasteiger partial charge in [0.15, 0.2) is 0 Å². The number of nitrogens with zero attached hydrogens (tertiary/aromatic N) is 2. The van der Waals surface area contributed by atoms with Gasteiger partial charge in [0.2, 0.25) is 5.90 Å². The van der Waals surface area contributed by atoms with Gasteiger partial charge in [-0.1, -0.05) is 36.1 Å². The van der Waals surface area contributed by atoms with Crippen LogP contribution in [0.1, 0.15) is 27.0 Å². The maximum absolute atomic E-state index is 13.0. The van der Waals surface area contributed by atoms with Gasteiger partial charge in [-0.25, -0.2) is 4.99 Å². The molecule has 0 unspecified atom stereocenters. The van der Waals surface area contributed by atoms with Gasteiger partial charge < -0.3 is 10.1 Å². The van der Waals surface area contributed by atoms with E-state index in [4.69, 9.17) is 4.74 Å². The maximum Gasteiger partial charge on any atom is 0.269 e. The van der Waals surface area contributed by atoms with Gasteiger partial charge >= 0.3 is 0 Å². The number of amides is 1. The fraction of sp³-hybridized carbons (Fsp3) is 0.0833. The van der Waals surface area contributed by atoms with E-state index >= 15 is 0 Å². The third-order valence-corrected chi connectivity index (χ3v) is 4.58. The molecule has 0 saturated carbocycles. The number of anilines is 1. The monoisotopic (exact) mass is 411 g/mol. The van der Waals surface area contributed by atoms with Crippen molar-refractivity contribution >= 4 is 23.2 Å². The van der Waals surface area contributed by atoms with Crippen molar-refractivity contribution < 1.29 is 14.5 Å². The summed E-state index contributed by atoms with van der Waals surface area (Å²) in [5, 5.41) is 13.7. The lowest BCUT2D eigenvalue weighted by molar-refractivity contribution is -0.384. The van der Waals surface area contributed by atoms with E-state index in [-0.39, 0.29) is 11.6 Å². The van der Waals surface area contributed by atoms with Gasteiger partial charge in [0.1, 0.15) is 6.61 Å². The maximum atomic E-state index is 13.0. The van der Waals surface area contributed by atoms with Crippen LogP contribution in [-0.4, -0.2) is 29.9 Å². The van der Waals surface area contributed by atoms with Crippen LogP contribution in [0.4, 0.5) is 11.4 Å². The molecule has 1 aliphatic rings. The Morgan fingerprint density at radius 3 is 2.48 bits per heavy atom. The van der Waals surface area contributed by atoms with Crippen LogP contribution in [0.25, 0.3) is 0 Å². The van der Waals surface area contributed by atoms with E-state index in [0.717, 1.165) is 5.56 Å². The van der Waals surface area contributed by atoms with Crippen molar-refractivity contribution in [2.45, 2.75) is 0 Å². The van der Waals surface area contributed by atoms with Crippen molar-refractivity contribution in [2.24, 2.45) is 4.99 Å². The number of hydrogen-bond donors (Lipinski definition) is 1. The number of hydrogen-bond acceptors (Lipinski definition) is 5. The number of nitro groups is 1. The molecule has 1 N–H and O–H groups in total. The Morgan fingerprint density at radius 2 is 1.74 bits per heavy atom. The van der Waals surface area contributed by atoms with E-state index in [2.05, 4.69) is 22.2 Å². The molecule has 0 bridgehead atoms. The molecule has 0 aromatic heterocycles. The largest absolute Gasteiger partial charge is 0.475 e. The Balaban J connectivity index is 1.58.